The third-order valence-corrected chi connectivity index (χ3v) is 1.70. The highest BCUT2D eigenvalue weighted by molar-refractivity contribution is 6.30. The van der Waals surface area contributed by atoms with Crippen LogP contribution in [-0.2, 0) is 11.3 Å². The number of rotatable bonds is 4. The molecule has 0 bridgehead atoms. The summed E-state index contributed by atoms with van der Waals surface area (Å²) in [5.74, 6) is 0.0361. The zero-order valence-electron chi connectivity index (χ0n) is 7.16. The monoisotopic (exact) mass is 198 g/mol. The van der Waals surface area contributed by atoms with Crippen molar-refractivity contribution in [2.75, 3.05) is 6.61 Å². The molecule has 3 heteroatoms. The van der Waals surface area contributed by atoms with Crippen LogP contribution in [0.4, 0.5) is 0 Å². The number of hydrogen-bond acceptors (Lipinski definition) is 2. The van der Waals surface area contributed by atoms with E-state index in [1.807, 2.05) is 12.1 Å². The van der Waals surface area contributed by atoms with Crippen LogP contribution in [0, 0.1) is 0 Å². The molecule has 1 aromatic rings. The van der Waals surface area contributed by atoms with E-state index in [2.05, 4.69) is 6.58 Å². The van der Waals surface area contributed by atoms with Crippen LogP contribution < -0.4 is 0 Å². The van der Waals surface area contributed by atoms with E-state index in [0.717, 1.165) is 5.56 Å². The lowest BCUT2D eigenvalue weighted by Crippen LogP contribution is -1.96. The predicted octanol–water partition coefficient (Wildman–Crippen LogP) is 2.93. The third kappa shape index (κ3) is 3.97. The van der Waals surface area contributed by atoms with Gasteiger partial charge < -0.3 is 9.84 Å². The average molecular weight is 199 g/mol. The summed E-state index contributed by atoms with van der Waals surface area (Å²) in [6, 6.07) is 7.35. The van der Waals surface area contributed by atoms with E-state index in [1.165, 1.54) is 0 Å². The van der Waals surface area contributed by atoms with E-state index in [-0.39, 0.29) is 12.4 Å². The SMILES string of the molecule is C=C(O)COCc1ccc(Cl)cc1. The fraction of sp³-hybridized carbons (Fsp3) is 0.200. The summed E-state index contributed by atoms with van der Waals surface area (Å²) in [6.45, 7) is 3.93. The van der Waals surface area contributed by atoms with Gasteiger partial charge >= 0.3 is 0 Å². The smallest absolute Gasteiger partial charge is 0.111 e. The van der Waals surface area contributed by atoms with Crippen LogP contribution >= 0.6 is 11.6 Å². The Morgan fingerprint density at radius 3 is 2.54 bits per heavy atom. The topological polar surface area (TPSA) is 29.5 Å². The van der Waals surface area contributed by atoms with Crippen molar-refractivity contribution >= 4 is 11.6 Å². The van der Waals surface area contributed by atoms with Crippen LogP contribution in [0.5, 0.6) is 0 Å². The van der Waals surface area contributed by atoms with Crippen molar-refractivity contribution < 1.29 is 9.84 Å². The Bertz CT molecular complexity index is 279. The molecule has 0 fully saturated rings. The van der Waals surface area contributed by atoms with E-state index in [9.17, 15) is 0 Å². The summed E-state index contributed by atoms with van der Waals surface area (Å²) in [4.78, 5) is 0. The normalized spacial score (nSPS) is 9.92. The summed E-state index contributed by atoms with van der Waals surface area (Å²) in [5, 5.41) is 9.44. The van der Waals surface area contributed by atoms with Gasteiger partial charge in [0, 0.05) is 5.02 Å². The molecule has 0 aliphatic carbocycles. The van der Waals surface area contributed by atoms with Gasteiger partial charge in [0.1, 0.15) is 12.4 Å². The Hall–Kier alpha value is -0.990. The molecule has 0 spiro atoms. The van der Waals surface area contributed by atoms with Gasteiger partial charge in [-0.15, -0.1) is 0 Å². The Balaban J connectivity index is 2.37. The quantitative estimate of drug-likeness (QED) is 0.754. The molecule has 0 heterocycles. The molecule has 0 atom stereocenters. The molecule has 1 aromatic carbocycles. The van der Waals surface area contributed by atoms with Gasteiger partial charge in [0.2, 0.25) is 0 Å². The molecule has 0 aromatic heterocycles. The highest BCUT2D eigenvalue weighted by Gasteiger charge is 1.94. The molecule has 1 N–H and O–H groups in total. The van der Waals surface area contributed by atoms with Crippen LogP contribution in [-0.4, -0.2) is 11.7 Å². The number of ether oxygens (including phenoxy) is 1. The third-order valence-electron chi connectivity index (χ3n) is 1.45. The second-order valence-electron chi connectivity index (χ2n) is 2.69. The van der Waals surface area contributed by atoms with E-state index in [1.54, 1.807) is 12.1 Å². The van der Waals surface area contributed by atoms with Gasteiger partial charge in [0.15, 0.2) is 0 Å². The number of hydrogen-bond donors (Lipinski definition) is 1. The highest BCUT2D eigenvalue weighted by atomic mass is 35.5. The minimum atomic E-state index is 0.0361. The van der Waals surface area contributed by atoms with Crippen LogP contribution in [0.3, 0.4) is 0 Å². The molecule has 13 heavy (non-hydrogen) atoms. The second-order valence-corrected chi connectivity index (χ2v) is 3.12. The van der Waals surface area contributed by atoms with Crippen molar-refractivity contribution in [3.8, 4) is 0 Å². The Kier molecular flexibility index (Phi) is 3.80. The molecule has 0 amide bonds. The number of benzene rings is 1. The fourth-order valence-electron chi connectivity index (χ4n) is 0.867. The molecule has 0 aliphatic rings. The van der Waals surface area contributed by atoms with Gasteiger partial charge in [-0.3, -0.25) is 0 Å². The maximum Gasteiger partial charge on any atom is 0.111 e. The number of aliphatic hydroxyl groups is 1. The summed E-state index contributed by atoms with van der Waals surface area (Å²) >= 11 is 5.70. The summed E-state index contributed by atoms with van der Waals surface area (Å²) in [7, 11) is 0. The molecule has 0 saturated heterocycles. The Labute approximate surface area is 82.4 Å². The van der Waals surface area contributed by atoms with Gasteiger partial charge in [0.05, 0.1) is 6.61 Å². The Morgan fingerprint density at radius 1 is 1.38 bits per heavy atom. The van der Waals surface area contributed by atoms with Gasteiger partial charge in [-0.1, -0.05) is 30.3 Å². The number of halogens is 1. The van der Waals surface area contributed by atoms with Crippen molar-refractivity contribution in [3.63, 3.8) is 0 Å². The molecule has 0 saturated carbocycles. The van der Waals surface area contributed by atoms with Gasteiger partial charge in [0.25, 0.3) is 0 Å². The molecular weight excluding hydrogens is 188 g/mol. The van der Waals surface area contributed by atoms with Crippen LogP contribution in [0.15, 0.2) is 36.6 Å². The molecular formula is C10H11ClO2. The lowest BCUT2D eigenvalue weighted by molar-refractivity contribution is 0.116. The molecule has 0 aliphatic heterocycles. The minimum absolute atomic E-state index is 0.0361. The van der Waals surface area contributed by atoms with Crippen LogP contribution in [0.2, 0.25) is 5.02 Å². The molecule has 70 valence electrons. The average Bonchev–Trinajstić information content (AvgIpc) is 2.08. The Morgan fingerprint density at radius 2 is 2.00 bits per heavy atom. The van der Waals surface area contributed by atoms with Gasteiger partial charge in [-0.2, -0.15) is 0 Å². The van der Waals surface area contributed by atoms with Crippen molar-refractivity contribution in [1.29, 1.82) is 0 Å². The summed E-state index contributed by atoms with van der Waals surface area (Å²) in [6.07, 6.45) is 0. The standard InChI is InChI=1S/C10H11ClO2/c1-8(12)6-13-7-9-2-4-10(11)5-3-9/h2-5,12H,1,6-7H2. The zero-order valence-corrected chi connectivity index (χ0v) is 7.92. The fourth-order valence-corrected chi connectivity index (χ4v) is 0.993. The van der Waals surface area contributed by atoms with E-state index >= 15 is 0 Å². The zero-order chi connectivity index (χ0) is 9.68. The maximum absolute atomic E-state index is 8.73. The first-order valence-electron chi connectivity index (χ1n) is 3.87. The number of aliphatic hydroxyl groups excluding tert-OH is 1. The van der Waals surface area contributed by atoms with Crippen LogP contribution in [0.1, 0.15) is 5.56 Å². The van der Waals surface area contributed by atoms with E-state index < -0.39 is 0 Å². The first-order chi connectivity index (χ1) is 6.18. The summed E-state index contributed by atoms with van der Waals surface area (Å²) < 4.78 is 5.13. The first kappa shape index (κ1) is 10.1. The van der Waals surface area contributed by atoms with Gasteiger partial charge in [-0.05, 0) is 17.7 Å². The first-order valence-corrected chi connectivity index (χ1v) is 4.25. The maximum atomic E-state index is 8.73. The largest absolute Gasteiger partial charge is 0.510 e. The summed E-state index contributed by atoms with van der Waals surface area (Å²) in [5.41, 5.74) is 1.02. The molecule has 0 unspecified atom stereocenters. The minimum Gasteiger partial charge on any atom is -0.510 e. The molecule has 1 rings (SSSR count). The van der Waals surface area contributed by atoms with E-state index in [4.69, 9.17) is 21.4 Å². The van der Waals surface area contributed by atoms with Crippen molar-refractivity contribution in [1.82, 2.24) is 0 Å². The van der Waals surface area contributed by atoms with E-state index in [0.29, 0.717) is 11.6 Å². The molecule has 2 nitrogen and oxygen atoms in total. The molecule has 0 radical (unpaired) electrons. The second kappa shape index (κ2) is 4.90. The van der Waals surface area contributed by atoms with Gasteiger partial charge in [-0.25, -0.2) is 0 Å². The van der Waals surface area contributed by atoms with Crippen LogP contribution in [0.25, 0.3) is 0 Å². The lowest BCUT2D eigenvalue weighted by atomic mass is 10.2. The van der Waals surface area contributed by atoms with Crippen molar-refractivity contribution in [3.05, 3.63) is 47.2 Å². The highest BCUT2D eigenvalue weighted by Crippen LogP contribution is 2.10. The van der Waals surface area contributed by atoms with Crippen molar-refractivity contribution in [2.24, 2.45) is 0 Å². The lowest BCUT2D eigenvalue weighted by Gasteiger charge is -2.02. The predicted molar refractivity (Wildman–Crippen MR) is 52.9 cm³/mol. The van der Waals surface area contributed by atoms with Crippen molar-refractivity contribution in [2.45, 2.75) is 6.61 Å².